The molecular formula is C23H26F2N6O3S. The molecule has 2 aliphatic heterocycles. The van der Waals surface area contributed by atoms with Crippen LogP contribution in [0.2, 0.25) is 0 Å². The fourth-order valence-electron chi connectivity index (χ4n) is 4.83. The molecule has 2 saturated heterocycles. The van der Waals surface area contributed by atoms with Crippen LogP contribution in [0.4, 0.5) is 14.6 Å². The van der Waals surface area contributed by atoms with Gasteiger partial charge in [-0.2, -0.15) is 0 Å². The van der Waals surface area contributed by atoms with Gasteiger partial charge in [-0.25, -0.2) is 31.0 Å². The van der Waals surface area contributed by atoms with Crippen LogP contribution < -0.4 is 10.2 Å². The van der Waals surface area contributed by atoms with Gasteiger partial charge < -0.3 is 10.2 Å². The molecule has 5 rings (SSSR count). The molecule has 2 atom stereocenters. The molecule has 1 N–H and O–H groups in total. The summed E-state index contributed by atoms with van der Waals surface area (Å²) in [4.78, 5) is 19.1. The van der Waals surface area contributed by atoms with E-state index in [0.717, 1.165) is 0 Å². The van der Waals surface area contributed by atoms with Gasteiger partial charge in [0, 0.05) is 25.6 Å². The average molecular weight is 505 g/mol. The van der Waals surface area contributed by atoms with Crippen LogP contribution in [-0.2, 0) is 10.0 Å². The van der Waals surface area contributed by atoms with E-state index < -0.39 is 16.2 Å². The Balaban J connectivity index is 1.36. The van der Waals surface area contributed by atoms with Gasteiger partial charge in [-0.1, -0.05) is 12.1 Å². The Kier molecular flexibility index (Phi) is 6.18. The van der Waals surface area contributed by atoms with Gasteiger partial charge in [-0.15, -0.1) is 5.10 Å². The van der Waals surface area contributed by atoms with E-state index in [1.165, 1.54) is 33.4 Å². The van der Waals surface area contributed by atoms with Crippen LogP contribution in [0.15, 0.2) is 42.6 Å². The minimum atomic E-state index is -3.25. The lowest BCUT2D eigenvalue weighted by Crippen LogP contribution is -2.46. The van der Waals surface area contributed by atoms with Crippen molar-refractivity contribution in [3.63, 3.8) is 0 Å². The highest BCUT2D eigenvalue weighted by Crippen LogP contribution is 2.36. The molecule has 2 aromatic heterocycles. The van der Waals surface area contributed by atoms with E-state index in [9.17, 15) is 22.0 Å². The van der Waals surface area contributed by atoms with Crippen molar-refractivity contribution < 1.29 is 22.0 Å². The van der Waals surface area contributed by atoms with Crippen molar-refractivity contribution in [2.75, 3.05) is 30.8 Å². The Morgan fingerprint density at radius 2 is 1.94 bits per heavy atom. The molecule has 1 unspecified atom stereocenters. The highest BCUT2D eigenvalue weighted by atomic mass is 32.2. The van der Waals surface area contributed by atoms with Crippen LogP contribution in [0.3, 0.4) is 0 Å². The second-order valence-corrected chi connectivity index (χ2v) is 11.1. The third-order valence-electron chi connectivity index (χ3n) is 6.62. The summed E-state index contributed by atoms with van der Waals surface area (Å²) < 4.78 is 54.5. The molecule has 0 bridgehead atoms. The number of amides is 1. The van der Waals surface area contributed by atoms with Crippen LogP contribution in [-0.4, -0.2) is 71.3 Å². The molecule has 12 heteroatoms. The molecule has 2 aliphatic rings. The van der Waals surface area contributed by atoms with Crippen molar-refractivity contribution in [2.24, 2.45) is 0 Å². The van der Waals surface area contributed by atoms with E-state index in [2.05, 4.69) is 15.4 Å². The lowest BCUT2D eigenvalue weighted by molar-refractivity contribution is 0.0916. The molecule has 1 amide bonds. The fraction of sp³-hybridized carbons (Fsp3) is 0.435. The normalized spacial score (nSPS) is 22.1. The molecule has 186 valence electrons. The summed E-state index contributed by atoms with van der Waals surface area (Å²) in [5.41, 5.74) is 1.35. The molecule has 35 heavy (non-hydrogen) atoms. The minimum absolute atomic E-state index is 0.106. The van der Waals surface area contributed by atoms with Gasteiger partial charge in [-0.05, 0) is 42.7 Å². The van der Waals surface area contributed by atoms with Crippen molar-refractivity contribution in [3.05, 3.63) is 59.7 Å². The van der Waals surface area contributed by atoms with Crippen LogP contribution >= 0.6 is 0 Å². The first-order valence-electron chi connectivity index (χ1n) is 11.5. The second-order valence-electron chi connectivity index (χ2n) is 9.07. The summed E-state index contributed by atoms with van der Waals surface area (Å²) in [6, 6.07) is 8.99. The number of anilines is 1. The predicted octanol–water partition coefficient (Wildman–Crippen LogP) is 2.31. The summed E-state index contributed by atoms with van der Waals surface area (Å²) in [5, 5.41) is 7.53. The maximum absolute atomic E-state index is 14.4. The van der Waals surface area contributed by atoms with Gasteiger partial charge in [0.1, 0.15) is 17.8 Å². The molecule has 0 aliphatic carbocycles. The average Bonchev–Trinajstić information content (AvgIpc) is 3.42. The maximum atomic E-state index is 14.4. The maximum Gasteiger partial charge on any atom is 0.271 e. The van der Waals surface area contributed by atoms with Gasteiger partial charge in [0.25, 0.3) is 5.91 Å². The number of hydrogen-bond acceptors (Lipinski definition) is 6. The van der Waals surface area contributed by atoms with Crippen LogP contribution in [0.5, 0.6) is 0 Å². The van der Waals surface area contributed by atoms with E-state index in [4.69, 9.17) is 0 Å². The summed E-state index contributed by atoms with van der Waals surface area (Å²) >= 11 is 0. The van der Waals surface area contributed by atoms with Crippen molar-refractivity contribution in [1.82, 2.24) is 24.2 Å². The molecule has 3 aromatic rings. The molecule has 2 fully saturated rings. The number of rotatable bonds is 5. The number of nitrogens with zero attached hydrogens (tertiary/aromatic N) is 5. The van der Waals surface area contributed by atoms with E-state index >= 15 is 0 Å². The third kappa shape index (κ3) is 4.85. The number of halogens is 2. The number of carbonyl (C=O) groups is 1. The van der Waals surface area contributed by atoms with Gasteiger partial charge in [0.2, 0.25) is 10.0 Å². The largest absolute Gasteiger partial charge is 0.348 e. The number of piperidine rings is 1. The molecule has 9 nitrogen and oxygen atoms in total. The highest BCUT2D eigenvalue weighted by Gasteiger charge is 2.35. The number of sulfonamides is 1. The monoisotopic (exact) mass is 504 g/mol. The van der Waals surface area contributed by atoms with Gasteiger partial charge in [-0.3, -0.25) is 4.79 Å². The van der Waals surface area contributed by atoms with Crippen LogP contribution in [0.1, 0.15) is 41.4 Å². The van der Waals surface area contributed by atoms with Crippen molar-refractivity contribution >= 4 is 27.4 Å². The highest BCUT2D eigenvalue weighted by molar-refractivity contribution is 7.88. The summed E-state index contributed by atoms with van der Waals surface area (Å²) in [7, 11) is -3.25. The first kappa shape index (κ1) is 23.6. The molecule has 0 spiro atoms. The topological polar surface area (TPSA) is 99.9 Å². The first-order valence-corrected chi connectivity index (χ1v) is 13.3. The van der Waals surface area contributed by atoms with E-state index in [1.54, 1.807) is 29.2 Å². The van der Waals surface area contributed by atoms with Crippen molar-refractivity contribution in [3.8, 4) is 0 Å². The molecule has 0 radical (unpaired) electrons. The minimum Gasteiger partial charge on any atom is -0.348 e. The molecule has 0 saturated carbocycles. The number of hydrogen-bond donors (Lipinski definition) is 1. The Bertz CT molecular complexity index is 1360. The molecule has 4 heterocycles. The first-order chi connectivity index (χ1) is 16.7. The zero-order chi connectivity index (χ0) is 24.7. The Hall–Kier alpha value is -3.12. The van der Waals surface area contributed by atoms with E-state index in [0.29, 0.717) is 43.0 Å². The molecule has 1 aromatic carbocycles. The lowest BCUT2D eigenvalue weighted by atomic mass is 10.0. The Labute approximate surface area is 201 Å². The lowest BCUT2D eigenvalue weighted by Gasteiger charge is -2.30. The zero-order valence-corrected chi connectivity index (χ0v) is 20.0. The second kappa shape index (κ2) is 9.15. The third-order valence-corrected chi connectivity index (χ3v) is 7.92. The summed E-state index contributed by atoms with van der Waals surface area (Å²) in [5.74, 6) is -0.295. The number of aromatic nitrogens is 3. The quantitative estimate of drug-likeness (QED) is 0.573. The number of alkyl halides is 1. The van der Waals surface area contributed by atoms with Crippen molar-refractivity contribution in [1.29, 1.82) is 0 Å². The number of benzene rings is 1. The fourth-order valence-corrected chi connectivity index (χ4v) is 5.70. The van der Waals surface area contributed by atoms with Gasteiger partial charge in [0.05, 0.1) is 25.0 Å². The number of fused-ring (bicyclic) bond motifs is 1. The summed E-state index contributed by atoms with van der Waals surface area (Å²) in [6.07, 6.45) is 2.75. The van der Waals surface area contributed by atoms with Gasteiger partial charge in [0.15, 0.2) is 11.3 Å². The number of carbonyl (C=O) groups excluding carboxylic acids is 1. The smallest absolute Gasteiger partial charge is 0.271 e. The number of imidazole rings is 1. The van der Waals surface area contributed by atoms with Gasteiger partial charge >= 0.3 is 0 Å². The van der Waals surface area contributed by atoms with Crippen LogP contribution in [0.25, 0.3) is 5.65 Å². The van der Waals surface area contributed by atoms with E-state index in [1.807, 2.05) is 0 Å². The van der Waals surface area contributed by atoms with E-state index in [-0.39, 0.29) is 42.5 Å². The predicted molar refractivity (Wildman–Crippen MR) is 126 cm³/mol. The standard InChI is InChI=1S/C23H26F2N6O3S/c1-35(33,34)29-9-7-18(8-10-29)27-23(32)20-13-26-21-5-6-22(28-31(20)21)30-14-17(25)12-19(30)15-3-2-4-16(24)11-15/h2-6,11,13,17-19H,7-10,12,14H2,1H3,(H,27,32)/t17-,19?/m0/s1. The van der Waals surface area contributed by atoms with Crippen molar-refractivity contribution in [2.45, 2.75) is 37.5 Å². The van der Waals surface area contributed by atoms with Crippen LogP contribution in [0, 0.1) is 5.82 Å². The SMILES string of the molecule is CS(=O)(=O)N1CCC(NC(=O)c2cnc3ccc(N4C[C@@H](F)CC4c4cccc(F)c4)nn23)CC1. The Morgan fingerprint density at radius 1 is 1.17 bits per heavy atom. The summed E-state index contributed by atoms with van der Waals surface area (Å²) in [6.45, 7) is 0.801. The zero-order valence-electron chi connectivity index (χ0n) is 19.1. The Morgan fingerprint density at radius 3 is 2.66 bits per heavy atom. The number of nitrogens with one attached hydrogen (secondary N) is 1. The molecular weight excluding hydrogens is 478 g/mol.